The lowest BCUT2D eigenvalue weighted by Gasteiger charge is -2.13. The van der Waals surface area contributed by atoms with Crippen LogP contribution in [-0.2, 0) is 4.79 Å². The minimum Gasteiger partial charge on any atom is -0.302 e. The van der Waals surface area contributed by atoms with Gasteiger partial charge in [0.25, 0.3) is 11.7 Å². The number of alkyl halides is 1. The summed E-state index contributed by atoms with van der Waals surface area (Å²) < 4.78 is 12.2. The molecule has 1 aliphatic heterocycles. The van der Waals surface area contributed by atoms with Crippen molar-refractivity contribution in [1.29, 1.82) is 0 Å². The Labute approximate surface area is 90.4 Å². The Bertz CT molecular complexity index is 447. The molecule has 78 valence electrons. The lowest BCUT2D eigenvalue weighted by Crippen LogP contribution is -2.31. The Morgan fingerprint density at radius 1 is 1.33 bits per heavy atom. The van der Waals surface area contributed by atoms with Crippen molar-refractivity contribution in [3.63, 3.8) is 0 Å². The van der Waals surface area contributed by atoms with Gasteiger partial charge in [-0.1, -0.05) is 11.6 Å². The molecule has 1 aliphatic rings. The molecule has 0 atom stereocenters. The molecular formula is C10H7ClFNO2. The molecule has 0 aromatic heterocycles. The Morgan fingerprint density at radius 2 is 2.07 bits per heavy atom. The van der Waals surface area contributed by atoms with E-state index in [9.17, 15) is 14.0 Å². The SMILES string of the molecule is O=C1C(=O)N(CCF)c2ccc(Cl)cc21. The number of amides is 1. The van der Waals surface area contributed by atoms with Gasteiger partial charge in [-0.05, 0) is 18.2 Å². The summed E-state index contributed by atoms with van der Waals surface area (Å²) in [5, 5.41) is 0.386. The molecule has 0 radical (unpaired) electrons. The van der Waals surface area contributed by atoms with Crippen LogP contribution in [0.5, 0.6) is 0 Å². The number of Topliss-reactive ketones (excluding diaryl/α,β-unsaturated/α-hetero) is 1. The zero-order valence-corrected chi connectivity index (χ0v) is 8.42. The minimum absolute atomic E-state index is 0.0980. The van der Waals surface area contributed by atoms with Gasteiger partial charge in [0.2, 0.25) is 0 Å². The van der Waals surface area contributed by atoms with Crippen LogP contribution in [0.1, 0.15) is 10.4 Å². The number of hydrogen-bond donors (Lipinski definition) is 0. The Balaban J connectivity index is 2.50. The van der Waals surface area contributed by atoms with Crippen molar-refractivity contribution < 1.29 is 14.0 Å². The van der Waals surface area contributed by atoms with E-state index in [2.05, 4.69) is 0 Å². The molecule has 0 saturated heterocycles. The Hall–Kier alpha value is -1.42. The second-order valence-electron chi connectivity index (χ2n) is 3.14. The molecule has 1 aromatic carbocycles. The smallest absolute Gasteiger partial charge is 0.299 e. The van der Waals surface area contributed by atoms with E-state index >= 15 is 0 Å². The number of benzene rings is 1. The second-order valence-corrected chi connectivity index (χ2v) is 3.57. The molecule has 0 fully saturated rings. The van der Waals surface area contributed by atoms with Crippen LogP contribution in [0.3, 0.4) is 0 Å². The van der Waals surface area contributed by atoms with Gasteiger partial charge in [-0.2, -0.15) is 0 Å². The van der Waals surface area contributed by atoms with E-state index in [0.29, 0.717) is 10.7 Å². The molecule has 1 heterocycles. The highest BCUT2D eigenvalue weighted by Crippen LogP contribution is 2.30. The summed E-state index contributed by atoms with van der Waals surface area (Å²) in [7, 11) is 0. The fourth-order valence-corrected chi connectivity index (χ4v) is 1.75. The number of hydrogen-bond acceptors (Lipinski definition) is 2. The average molecular weight is 228 g/mol. The van der Waals surface area contributed by atoms with Crippen LogP contribution in [0.15, 0.2) is 18.2 Å². The van der Waals surface area contributed by atoms with Crippen LogP contribution in [0.25, 0.3) is 0 Å². The molecule has 2 rings (SSSR count). The van der Waals surface area contributed by atoms with Crippen molar-refractivity contribution in [1.82, 2.24) is 0 Å². The number of ketones is 1. The van der Waals surface area contributed by atoms with Gasteiger partial charge in [-0.3, -0.25) is 9.59 Å². The van der Waals surface area contributed by atoms with Crippen LogP contribution in [0.2, 0.25) is 5.02 Å². The van der Waals surface area contributed by atoms with Crippen molar-refractivity contribution in [2.75, 3.05) is 18.1 Å². The van der Waals surface area contributed by atoms with E-state index in [-0.39, 0.29) is 12.1 Å². The molecular weight excluding hydrogens is 221 g/mol. The summed E-state index contributed by atoms with van der Waals surface area (Å²) in [5.74, 6) is -1.31. The molecule has 5 heteroatoms. The number of carbonyl (C=O) groups is 2. The summed E-state index contributed by atoms with van der Waals surface area (Å²) in [6, 6.07) is 4.54. The molecule has 1 amide bonds. The van der Waals surface area contributed by atoms with Gasteiger partial charge in [-0.15, -0.1) is 0 Å². The molecule has 15 heavy (non-hydrogen) atoms. The number of anilines is 1. The zero-order valence-electron chi connectivity index (χ0n) is 7.67. The third-order valence-electron chi connectivity index (χ3n) is 2.24. The highest BCUT2D eigenvalue weighted by Gasteiger charge is 2.35. The van der Waals surface area contributed by atoms with Gasteiger partial charge in [-0.25, -0.2) is 4.39 Å². The molecule has 0 unspecified atom stereocenters. The second kappa shape index (κ2) is 3.62. The highest BCUT2D eigenvalue weighted by atomic mass is 35.5. The van der Waals surface area contributed by atoms with E-state index in [4.69, 9.17) is 11.6 Å². The standard InChI is InChI=1S/C10H7ClFNO2/c11-6-1-2-8-7(5-6)9(14)10(15)13(8)4-3-12/h1-2,5H,3-4H2. The first-order valence-corrected chi connectivity index (χ1v) is 4.74. The summed E-state index contributed by atoms with van der Waals surface area (Å²) >= 11 is 5.71. The summed E-state index contributed by atoms with van der Waals surface area (Å²) in [5.41, 5.74) is 0.688. The van der Waals surface area contributed by atoms with E-state index in [1.807, 2.05) is 0 Å². The van der Waals surface area contributed by atoms with Gasteiger partial charge in [0, 0.05) is 5.02 Å². The number of rotatable bonds is 2. The summed E-state index contributed by atoms with van der Waals surface area (Å²) in [4.78, 5) is 24.0. The normalized spacial score (nSPS) is 14.7. The maximum atomic E-state index is 12.2. The molecule has 0 aliphatic carbocycles. The van der Waals surface area contributed by atoms with Crippen molar-refractivity contribution in [2.24, 2.45) is 0 Å². The van der Waals surface area contributed by atoms with Gasteiger partial charge in [0.1, 0.15) is 6.67 Å². The fraction of sp³-hybridized carbons (Fsp3) is 0.200. The first kappa shape index (κ1) is 10.1. The van der Waals surface area contributed by atoms with Crippen LogP contribution in [-0.4, -0.2) is 24.9 Å². The van der Waals surface area contributed by atoms with E-state index in [1.165, 1.54) is 6.07 Å². The van der Waals surface area contributed by atoms with Crippen molar-refractivity contribution in [3.8, 4) is 0 Å². The van der Waals surface area contributed by atoms with Crippen molar-refractivity contribution in [2.45, 2.75) is 0 Å². The van der Waals surface area contributed by atoms with Gasteiger partial charge >= 0.3 is 0 Å². The fourth-order valence-electron chi connectivity index (χ4n) is 1.58. The number of fused-ring (bicyclic) bond motifs is 1. The van der Waals surface area contributed by atoms with Gasteiger partial charge in [0.05, 0.1) is 17.8 Å². The lowest BCUT2D eigenvalue weighted by molar-refractivity contribution is -0.114. The average Bonchev–Trinajstić information content (AvgIpc) is 2.44. The highest BCUT2D eigenvalue weighted by molar-refractivity contribution is 6.52. The molecule has 3 nitrogen and oxygen atoms in total. The van der Waals surface area contributed by atoms with Crippen LogP contribution < -0.4 is 4.90 Å². The molecule has 0 spiro atoms. The van der Waals surface area contributed by atoms with Crippen LogP contribution >= 0.6 is 11.6 Å². The number of nitrogens with zero attached hydrogens (tertiary/aromatic N) is 1. The number of halogens is 2. The first-order chi connectivity index (χ1) is 7.15. The Morgan fingerprint density at radius 3 is 2.73 bits per heavy atom. The molecule has 1 aromatic rings. The minimum atomic E-state index is -0.690. The largest absolute Gasteiger partial charge is 0.302 e. The van der Waals surface area contributed by atoms with Gasteiger partial charge in [0.15, 0.2) is 0 Å². The van der Waals surface area contributed by atoms with Crippen molar-refractivity contribution >= 4 is 29.0 Å². The monoisotopic (exact) mass is 227 g/mol. The van der Waals surface area contributed by atoms with Crippen molar-refractivity contribution in [3.05, 3.63) is 28.8 Å². The molecule has 0 saturated carbocycles. The van der Waals surface area contributed by atoms with Crippen LogP contribution in [0.4, 0.5) is 10.1 Å². The van der Waals surface area contributed by atoms with E-state index in [0.717, 1.165) is 4.90 Å². The molecule has 0 bridgehead atoms. The predicted octanol–water partition coefficient (Wildman–Crippen LogP) is 1.84. The van der Waals surface area contributed by atoms with E-state index in [1.54, 1.807) is 12.1 Å². The quantitative estimate of drug-likeness (QED) is 0.723. The number of carbonyl (C=O) groups excluding carboxylic acids is 2. The zero-order chi connectivity index (χ0) is 11.0. The first-order valence-electron chi connectivity index (χ1n) is 4.37. The van der Waals surface area contributed by atoms with Crippen LogP contribution in [0, 0.1) is 0 Å². The Kier molecular flexibility index (Phi) is 2.44. The summed E-state index contributed by atoms with van der Waals surface area (Å²) in [6.45, 7) is -0.777. The maximum absolute atomic E-state index is 12.2. The predicted molar refractivity (Wildman–Crippen MR) is 54.1 cm³/mol. The lowest BCUT2D eigenvalue weighted by atomic mass is 10.1. The third kappa shape index (κ3) is 1.51. The van der Waals surface area contributed by atoms with E-state index < -0.39 is 18.4 Å². The molecule has 0 N–H and O–H groups in total. The maximum Gasteiger partial charge on any atom is 0.299 e. The topological polar surface area (TPSA) is 37.4 Å². The third-order valence-corrected chi connectivity index (χ3v) is 2.48. The summed E-state index contributed by atoms with van der Waals surface area (Å²) in [6.07, 6.45) is 0. The van der Waals surface area contributed by atoms with Gasteiger partial charge < -0.3 is 4.90 Å².